The molecule has 0 radical (unpaired) electrons. The fourth-order valence-electron chi connectivity index (χ4n) is 1.81. The van der Waals surface area contributed by atoms with E-state index in [1.165, 1.54) is 28.5 Å². The van der Waals surface area contributed by atoms with Crippen molar-refractivity contribution in [1.82, 2.24) is 9.62 Å². The van der Waals surface area contributed by atoms with Gasteiger partial charge in [0.15, 0.2) is 0 Å². The van der Waals surface area contributed by atoms with Crippen LogP contribution in [0.4, 0.5) is 0 Å². The molecule has 1 N–H and O–H groups in total. The maximum atomic E-state index is 12.5. The van der Waals surface area contributed by atoms with Gasteiger partial charge in [0.1, 0.15) is 4.21 Å². The van der Waals surface area contributed by atoms with Gasteiger partial charge in [-0.05, 0) is 25.0 Å². The Kier molecular flexibility index (Phi) is 5.15. The van der Waals surface area contributed by atoms with E-state index in [2.05, 4.69) is 18.5 Å². The SMILES string of the molecule is C=CCN(CC=C)S(=O)(=O)c1ccc(CNC2CC2)s1. The molecule has 1 saturated carbocycles. The van der Waals surface area contributed by atoms with Crippen LogP contribution in [0.1, 0.15) is 17.7 Å². The largest absolute Gasteiger partial charge is 0.309 e. The molecule has 6 heteroatoms. The van der Waals surface area contributed by atoms with Crippen LogP contribution in [0.15, 0.2) is 41.7 Å². The standard InChI is InChI=1S/C14H20N2O2S2/c1-3-9-16(10-4-2)20(17,18)14-8-7-13(19-14)11-15-12-5-6-12/h3-4,7-8,12,15H,1-2,5-6,9-11H2. The lowest BCUT2D eigenvalue weighted by Gasteiger charge is -2.17. The summed E-state index contributed by atoms with van der Waals surface area (Å²) in [5.41, 5.74) is 0. The molecule has 0 aromatic carbocycles. The molecule has 0 aliphatic heterocycles. The van der Waals surface area contributed by atoms with Crippen LogP contribution in [-0.2, 0) is 16.6 Å². The number of sulfonamides is 1. The molecule has 1 aromatic rings. The van der Waals surface area contributed by atoms with Gasteiger partial charge >= 0.3 is 0 Å². The number of thiophene rings is 1. The van der Waals surface area contributed by atoms with Gasteiger partial charge in [-0.3, -0.25) is 0 Å². The van der Waals surface area contributed by atoms with Gasteiger partial charge in [-0.1, -0.05) is 12.2 Å². The highest BCUT2D eigenvalue weighted by molar-refractivity contribution is 7.91. The Bertz CT molecular complexity index is 564. The Morgan fingerprint density at radius 1 is 1.30 bits per heavy atom. The van der Waals surface area contributed by atoms with Crippen molar-refractivity contribution in [2.75, 3.05) is 13.1 Å². The molecule has 0 amide bonds. The molecule has 0 unspecified atom stereocenters. The minimum atomic E-state index is -3.45. The fraction of sp³-hybridized carbons (Fsp3) is 0.429. The van der Waals surface area contributed by atoms with E-state index in [1.807, 2.05) is 6.07 Å². The molecule has 1 fully saturated rings. The lowest BCUT2D eigenvalue weighted by Crippen LogP contribution is -2.30. The quantitative estimate of drug-likeness (QED) is 0.712. The molecule has 2 rings (SSSR count). The Hall–Kier alpha value is -0.950. The third-order valence-electron chi connectivity index (χ3n) is 3.04. The third kappa shape index (κ3) is 3.79. The van der Waals surface area contributed by atoms with Crippen molar-refractivity contribution in [3.05, 3.63) is 42.3 Å². The van der Waals surface area contributed by atoms with Gasteiger partial charge in [0.05, 0.1) is 0 Å². The van der Waals surface area contributed by atoms with Crippen LogP contribution in [0.2, 0.25) is 0 Å². The van der Waals surface area contributed by atoms with Crippen LogP contribution in [0.5, 0.6) is 0 Å². The molecule has 0 atom stereocenters. The Labute approximate surface area is 124 Å². The molecule has 1 aromatic heterocycles. The van der Waals surface area contributed by atoms with Crippen LogP contribution in [0, 0.1) is 0 Å². The first-order valence-corrected chi connectivity index (χ1v) is 8.87. The predicted octanol–water partition coefficient (Wildman–Crippen LogP) is 2.36. The maximum Gasteiger partial charge on any atom is 0.253 e. The van der Waals surface area contributed by atoms with Crippen LogP contribution < -0.4 is 5.32 Å². The number of hydrogen-bond donors (Lipinski definition) is 1. The summed E-state index contributed by atoms with van der Waals surface area (Å²) >= 11 is 1.33. The highest BCUT2D eigenvalue weighted by atomic mass is 32.2. The number of hydrogen-bond acceptors (Lipinski definition) is 4. The monoisotopic (exact) mass is 312 g/mol. The summed E-state index contributed by atoms with van der Waals surface area (Å²) in [5, 5.41) is 3.39. The maximum absolute atomic E-state index is 12.5. The molecule has 0 saturated heterocycles. The summed E-state index contributed by atoms with van der Waals surface area (Å²) in [6.45, 7) is 8.54. The Morgan fingerprint density at radius 2 is 1.95 bits per heavy atom. The smallest absolute Gasteiger partial charge is 0.253 e. The van der Waals surface area contributed by atoms with Gasteiger partial charge in [-0.2, -0.15) is 4.31 Å². The summed E-state index contributed by atoms with van der Waals surface area (Å²) in [6.07, 6.45) is 5.63. The van der Waals surface area contributed by atoms with Gasteiger partial charge in [-0.25, -0.2) is 8.42 Å². The number of nitrogens with zero attached hydrogens (tertiary/aromatic N) is 1. The topological polar surface area (TPSA) is 49.4 Å². The summed E-state index contributed by atoms with van der Waals surface area (Å²) in [4.78, 5) is 1.05. The van der Waals surface area contributed by atoms with Crippen LogP contribution in [-0.4, -0.2) is 31.9 Å². The van der Waals surface area contributed by atoms with E-state index < -0.39 is 10.0 Å². The van der Waals surface area contributed by atoms with Crippen molar-refractivity contribution in [1.29, 1.82) is 0 Å². The van der Waals surface area contributed by atoms with Crippen molar-refractivity contribution in [2.24, 2.45) is 0 Å². The molecule has 0 spiro atoms. The normalized spacial score (nSPS) is 15.4. The zero-order chi connectivity index (χ0) is 14.6. The average molecular weight is 312 g/mol. The highest BCUT2D eigenvalue weighted by Gasteiger charge is 2.25. The minimum absolute atomic E-state index is 0.294. The second kappa shape index (κ2) is 6.67. The second-order valence-corrected chi connectivity index (χ2v) is 8.11. The van der Waals surface area contributed by atoms with Crippen molar-refractivity contribution in [3.8, 4) is 0 Å². The predicted molar refractivity (Wildman–Crippen MR) is 83.3 cm³/mol. The molecule has 110 valence electrons. The first kappa shape index (κ1) is 15.4. The van der Waals surface area contributed by atoms with Crippen molar-refractivity contribution in [2.45, 2.75) is 29.6 Å². The van der Waals surface area contributed by atoms with Gasteiger partial charge in [-0.15, -0.1) is 24.5 Å². The molecule has 1 heterocycles. The van der Waals surface area contributed by atoms with Crippen LogP contribution in [0.3, 0.4) is 0 Å². The minimum Gasteiger partial charge on any atom is -0.309 e. The zero-order valence-corrected chi connectivity index (χ0v) is 13.0. The molecular weight excluding hydrogens is 292 g/mol. The van der Waals surface area contributed by atoms with Crippen LogP contribution in [0.25, 0.3) is 0 Å². The number of rotatable bonds is 9. The lowest BCUT2D eigenvalue weighted by molar-refractivity contribution is 0.476. The van der Waals surface area contributed by atoms with Gasteiger partial charge in [0, 0.05) is 30.6 Å². The third-order valence-corrected chi connectivity index (χ3v) is 6.42. The van der Waals surface area contributed by atoms with E-state index in [9.17, 15) is 8.42 Å². The van der Waals surface area contributed by atoms with Crippen molar-refractivity contribution >= 4 is 21.4 Å². The Morgan fingerprint density at radius 3 is 2.50 bits per heavy atom. The molecule has 20 heavy (non-hydrogen) atoms. The average Bonchev–Trinajstić information content (AvgIpc) is 3.12. The van der Waals surface area contributed by atoms with Gasteiger partial charge in [0.25, 0.3) is 10.0 Å². The first-order chi connectivity index (χ1) is 9.57. The molecule has 0 bridgehead atoms. The van der Waals surface area contributed by atoms with Gasteiger partial charge < -0.3 is 5.32 Å². The van der Waals surface area contributed by atoms with E-state index >= 15 is 0 Å². The summed E-state index contributed by atoms with van der Waals surface area (Å²) in [6, 6.07) is 4.19. The zero-order valence-electron chi connectivity index (χ0n) is 11.4. The Balaban J connectivity index is 2.10. The van der Waals surface area contributed by atoms with E-state index in [1.54, 1.807) is 18.2 Å². The van der Waals surface area contributed by atoms with Crippen LogP contribution >= 0.6 is 11.3 Å². The van der Waals surface area contributed by atoms with E-state index in [4.69, 9.17) is 0 Å². The summed E-state index contributed by atoms with van der Waals surface area (Å²) in [5.74, 6) is 0. The number of nitrogens with one attached hydrogen (secondary N) is 1. The molecular formula is C14H20N2O2S2. The lowest BCUT2D eigenvalue weighted by atomic mass is 10.4. The van der Waals surface area contributed by atoms with Crippen molar-refractivity contribution in [3.63, 3.8) is 0 Å². The molecule has 1 aliphatic rings. The van der Waals surface area contributed by atoms with Gasteiger partial charge in [0.2, 0.25) is 0 Å². The van der Waals surface area contributed by atoms with E-state index in [-0.39, 0.29) is 0 Å². The second-order valence-electron chi connectivity index (χ2n) is 4.78. The molecule has 1 aliphatic carbocycles. The molecule has 4 nitrogen and oxygen atoms in total. The van der Waals surface area contributed by atoms with E-state index in [0.29, 0.717) is 23.3 Å². The van der Waals surface area contributed by atoms with E-state index in [0.717, 1.165) is 11.4 Å². The fourth-order valence-corrected chi connectivity index (χ4v) is 4.65. The van der Waals surface area contributed by atoms with Crippen molar-refractivity contribution < 1.29 is 8.42 Å². The highest BCUT2D eigenvalue weighted by Crippen LogP contribution is 2.26. The first-order valence-electron chi connectivity index (χ1n) is 6.62. The summed E-state index contributed by atoms with van der Waals surface area (Å²) in [7, 11) is -3.45. The summed E-state index contributed by atoms with van der Waals surface area (Å²) < 4.78 is 26.7.